The van der Waals surface area contributed by atoms with Crippen LogP contribution in [0.1, 0.15) is 12.5 Å². The summed E-state index contributed by atoms with van der Waals surface area (Å²) in [7, 11) is -4.03. The van der Waals surface area contributed by atoms with Crippen LogP contribution in [0.2, 0.25) is 10.0 Å². The summed E-state index contributed by atoms with van der Waals surface area (Å²) in [6.45, 7) is 1.62. The van der Waals surface area contributed by atoms with Crippen molar-refractivity contribution in [1.29, 1.82) is 0 Å². The first-order valence-corrected chi connectivity index (χ1v) is 11.4. The Balaban J connectivity index is 1.91. The minimum Gasteiger partial charge on any atom is -0.325 e. The maximum Gasteiger partial charge on any atom is 0.264 e. The summed E-state index contributed by atoms with van der Waals surface area (Å²) in [5, 5.41) is 3.52. The summed E-state index contributed by atoms with van der Waals surface area (Å²) in [5.74, 6) is -0.475. The minimum atomic E-state index is -4.03. The number of nitrogens with one attached hydrogen (secondary N) is 1. The van der Waals surface area contributed by atoms with Crippen molar-refractivity contribution < 1.29 is 13.2 Å². The summed E-state index contributed by atoms with van der Waals surface area (Å²) in [4.78, 5) is 12.7. The van der Waals surface area contributed by atoms with Crippen LogP contribution < -0.4 is 9.62 Å². The van der Waals surface area contributed by atoms with Crippen LogP contribution >= 0.6 is 23.2 Å². The Bertz CT molecular complexity index is 1130. The van der Waals surface area contributed by atoms with Gasteiger partial charge in [0.25, 0.3) is 10.0 Å². The third-order valence-electron chi connectivity index (χ3n) is 4.43. The van der Waals surface area contributed by atoms with Crippen LogP contribution in [0.15, 0.2) is 77.7 Å². The van der Waals surface area contributed by atoms with Crippen LogP contribution in [0, 0.1) is 0 Å². The first-order chi connectivity index (χ1) is 14.3. The Hall–Kier alpha value is -2.54. The summed E-state index contributed by atoms with van der Waals surface area (Å²) in [6, 6.07) is 19.5. The fourth-order valence-electron chi connectivity index (χ4n) is 2.83. The van der Waals surface area contributed by atoms with Gasteiger partial charge in [-0.15, -0.1) is 0 Å². The van der Waals surface area contributed by atoms with E-state index in [4.69, 9.17) is 23.2 Å². The van der Waals surface area contributed by atoms with E-state index < -0.39 is 22.5 Å². The number of anilines is 2. The zero-order chi connectivity index (χ0) is 21.7. The van der Waals surface area contributed by atoms with Crippen LogP contribution in [0.3, 0.4) is 0 Å². The van der Waals surface area contributed by atoms with E-state index in [1.165, 1.54) is 30.3 Å². The lowest BCUT2D eigenvalue weighted by atomic mass is 10.1. The van der Waals surface area contributed by atoms with Crippen LogP contribution in [-0.2, 0) is 21.2 Å². The molecule has 0 heterocycles. The molecule has 30 heavy (non-hydrogen) atoms. The van der Waals surface area contributed by atoms with Gasteiger partial charge in [-0.3, -0.25) is 9.10 Å². The molecule has 156 valence electrons. The SMILES string of the molecule is CCc1ccc(NC(=O)CN(c2cccc(Cl)c2)S(=O)(=O)c2ccc(Cl)cc2)cc1. The van der Waals surface area contributed by atoms with Crippen LogP contribution in [-0.4, -0.2) is 20.9 Å². The number of rotatable bonds is 7. The molecule has 1 N–H and O–H groups in total. The van der Waals surface area contributed by atoms with Crippen molar-refractivity contribution in [3.63, 3.8) is 0 Å². The van der Waals surface area contributed by atoms with Gasteiger partial charge >= 0.3 is 0 Å². The number of carbonyl (C=O) groups excluding carboxylic acids is 1. The van der Waals surface area contributed by atoms with E-state index in [0.29, 0.717) is 15.7 Å². The molecule has 0 saturated carbocycles. The van der Waals surface area contributed by atoms with Crippen LogP contribution in [0.25, 0.3) is 0 Å². The zero-order valence-electron chi connectivity index (χ0n) is 16.2. The highest BCUT2D eigenvalue weighted by Crippen LogP contribution is 2.27. The van der Waals surface area contributed by atoms with Gasteiger partial charge in [0.05, 0.1) is 10.6 Å². The van der Waals surface area contributed by atoms with E-state index in [9.17, 15) is 13.2 Å². The molecule has 0 aliphatic carbocycles. The number of sulfonamides is 1. The van der Waals surface area contributed by atoms with Gasteiger partial charge in [-0.05, 0) is 66.6 Å². The highest BCUT2D eigenvalue weighted by atomic mass is 35.5. The van der Waals surface area contributed by atoms with Crippen molar-refractivity contribution in [2.45, 2.75) is 18.2 Å². The molecule has 3 aromatic carbocycles. The first kappa shape index (κ1) is 22.2. The predicted molar refractivity (Wildman–Crippen MR) is 122 cm³/mol. The maximum atomic E-state index is 13.3. The van der Waals surface area contributed by atoms with E-state index in [-0.39, 0.29) is 10.6 Å². The van der Waals surface area contributed by atoms with Crippen LogP contribution in [0.4, 0.5) is 11.4 Å². The number of amides is 1. The van der Waals surface area contributed by atoms with Gasteiger partial charge in [-0.2, -0.15) is 0 Å². The van der Waals surface area contributed by atoms with Gasteiger partial charge < -0.3 is 5.32 Å². The number of benzene rings is 3. The van der Waals surface area contributed by atoms with E-state index in [1.807, 2.05) is 19.1 Å². The average molecular weight is 463 g/mol. The molecule has 3 aromatic rings. The van der Waals surface area contributed by atoms with Crippen molar-refractivity contribution in [3.05, 3.63) is 88.4 Å². The molecule has 0 aliphatic heterocycles. The molecule has 1 amide bonds. The van der Waals surface area contributed by atoms with Crippen molar-refractivity contribution in [3.8, 4) is 0 Å². The number of hydrogen-bond acceptors (Lipinski definition) is 3. The molecule has 0 aliphatic rings. The summed E-state index contributed by atoms with van der Waals surface area (Å²) in [6.07, 6.45) is 0.885. The van der Waals surface area contributed by atoms with E-state index in [2.05, 4.69) is 5.32 Å². The van der Waals surface area contributed by atoms with E-state index in [0.717, 1.165) is 16.3 Å². The molecular formula is C22H20Cl2N2O3S. The van der Waals surface area contributed by atoms with E-state index in [1.54, 1.807) is 30.3 Å². The Labute approximate surface area is 186 Å². The lowest BCUT2D eigenvalue weighted by Crippen LogP contribution is -2.38. The van der Waals surface area contributed by atoms with Gasteiger partial charge in [0.15, 0.2) is 0 Å². The highest BCUT2D eigenvalue weighted by molar-refractivity contribution is 7.92. The second-order valence-electron chi connectivity index (χ2n) is 6.54. The molecule has 0 atom stereocenters. The first-order valence-electron chi connectivity index (χ1n) is 9.22. The molecule has 0 unspecified atom stereocenters. The molecule has 0 bridgehead atoms. The van der Waals surface area contributed by atoms with Crippen molar-refractivity contribution >= 4 is 50.5 Å². The number of hydrogen-bond donors (Lipinski definition) is 1. The smallest absolute Gasteiger partial charge is 0.264 e. The third-order valence-corrected chi connectivity index (χ3v) is 6.71. The van der Waals surface area contributed by atoms with Gasteiger partial charge in [0, 0.05) is 15.7 Å². The van der Waals surface area contributed by atoms with Crippen molar-refractivity contribution in [2.24, 2.45) is 0 Å². The fourth-order valence-corrected chi connectivity index (χ4v) is 4.56. The fraction of sp³-hybridized carbons (Fsp3) is 0.136. The standard InChI is InChI=1S/C22H20Cl2N2O3S/c1-2-16-6-10-19(11-7-16)25-22(27)15-26(20-5-3-4-18(24)14-20)30(28,29)21-12-8-17(23)9-13-21/h3-14H,2,15H2,1H3,(H,25,27). The molecule has 0 radical (unpaired) electrons. The monoisotopic (exact) mass is 462 g/mol. The summed E-state index contributed by atoms with van der Waals surface area (Å²) >= 11 is 11.9. The van der Waals surface area contributed by atoms with E-state index >= 15 is 0 Å². The molecule has 5 nitrogen and oxygen atoms in total. The van der Waals surface area contributed by atoms with Crippen molar-refractivity contribution in [2.75, 3.05) is 16.2 Å². The number of halogens is 2. The predicted octanol–water partition coefficient (Wildman–Crippen LogP) is 5.39. The minimum absolute atomic E-state index is 0.0203. The zero-order valence-corrected chi connectivity index (χ0v) is 18.5. The summed E-state index contributed by atoms with van der Waals surface area (Å²) < 4.78 is 27.6. The second-order valence-corrected chi connectivity index (χ2v) is 9.28. The molecule has 3 rings (SSSR count). The molecular weight excluding hydrogens is 443 g/mol. The van der Waals surface area contributed by atoms with Gasteiger partial charge in [0.1, 0.15) is 6.54 Å². The number of aryl methyl sites for hydroxylation is 1. The molecule has 8 heteroatoms. The lowest BCUT2D eigenvalue weighted by molar-refractivity contribution is -0.114. The quantitative estimate of drug-likeness (QED) is 0.511. The van der Waals surface area contributed by atoms with Gasteiger partial charge in [-0.25, -0.2) is 8.42 Å². The lowest BCUT2D eigenvalue weighted by Gasteiger charge is -2.24. The van der Waals surface area contributed by atoms with Gasteiger partial charge in [0.2, 0.25) is 5.91 Å². The second kappa shape index (κ2) is 9.51. The molecule has 0 spiro atoms. The normalized spacial score (nSPS) is 11.2. The third kappa shape index (κ3) is 5.33. The largest absolute Gasteiger partial charge is 0.325 e. The summed E-state index contributed by atoms with van der Waals surface area (Å²) in [5.41, 5.74) is 2.01. The van der Waals surface area contributed by atoms with Crippen LogP contribution in [0.5, 0.6) is 0 Å². The van der Waals surface area contributed by atoms with Crippen molar-refractivity contribution in [1.82, 2.24) is 0 Å². The topological polar surface area (TPSA) is 66.5 Å². The Morgan fingerprint density at radius 2 is 1.60 bits per heavy atom. The Kier molecular flexibility index (Phi) is 7.02. The Morgan fingerprint density at radius 3 is 2.20 bits per heavy atom. The number of carbonyl (C=O) groups is 1. The molecule has 0 fully saturated rings. The average Bonchev–Trinajstić information content (AvgIpc) is 2.73. The molecule has 0 aromatic heterocycles. The number of nitrogens with zero attached hydrogens (tertiary/aromatic N) is 1. The highest BCUT2D eigenvalue weighted by Gasteiger charge is 2.27. The molecule has 0 saturated heterocycles. The maximum absolute atomic E-state index is 13.3. The Morgan fingerprint density at radius 1 is 0.933 bits per heavy atom. The van der Waals surface area contributed by atoms with Gasteiger partial charge in [-0.1, -0.05) is 48.3 Å².